The van der Waals surface area contributed by atoms with Crippen LogP contribution in [0.2, 0.25) is 5.02 Å². The number of anilines is 2. The van der Waals surface area contributed by atoms with Crippen LogP contribution in [-0.4, -0.2) is 11.5 Å². The Kier molecular flexibility index (Phi) is 3.93. The van der Waals surface area contributed by atoms with Crippen LogP contribution in [0.4, 0.5) is 11.4 Å². The fourth-order valence-corrected chi connectivity index (χ4v) is 2.55. The van der Waals surface area contributed by atoms with Crippen molar-refractivity contribution in [1.29, 1.82) is 0 Å². The zero-order valence-corrected chi connectivity index (χ0v) is 12.3. The molecule has 1 aromatic heterocycles. The lowest BCUT2D eigenvalue weighted by atomic mass is 10.1. The standard InChI is InChI=1S/C17H16ClN3/c18-14-6-7-15(19)16(11-14)20-10-8-13-4-1-3-12-5-2-9-21-17(12)13/h1-7,9,11,20H,8,10,19H2. The van der Waals surface area contributed by atoms with E-state index in [1.165, 1.54) is 5.56 Å². The third-order valence-electron chi connectivity index (χ3n) is 3.44. The molecule has 0 saturated carbocycles. The highest BCUT2D eigenvalue weighted by Gasteiger charge is 2.03. The maximum absolute atomic E-state index is 5.99. The van der Waals surface area contributed by atoms with Gasteiger partial charge in [-0.15, -0.1) is 0 Å². The molecule has 0 atom stereocenters. The smallest absolute Gasteiger partial charge is 0.0734 e. The molecule has 1 heterocycles. The average Bonchev–Trinajstić information content (AvgIpc) is 2.51. The van der Waals surface area contributed by atoms with Gasteiger partial charge in [0.05, 0.1) is 16.9 Å². The van der Waals surface area contributed by atoms with Gasteiger partial charge in [-0.3, -0.25) is 4.98 Å². The van der Waals surface area contributed by atoms with E-state index >= 15 is 0 Å². The van der Waals surface area contributed by atoms with E-state index in [4.69, 9.17) is 17.3 Å². The molecule has 0 aliphatic heterocycles. The second-order valence-electron chi connectivity index (χ2n) is 4.90. The molecular formula is C17H16ClN3. The van der Waals surface area contributed by atoms with Gasteiger partial charge in [0.25, 0.3) is 0 Å². The van der Waals surface area contributed by atoms with Crippen molar-refractivity contribution in [2.75, 3.05) is 17.6 Å². The van der Waals surface area contributed by atoms with E-state index in [0.29, 0.717) is 10.7 Å². The first kappa shape index (κ1) is 13.7. The number of fused-ring (bicyclic) bond motifs is 1. The molecule has 0 radical (unpaired) electrons. The summed E-state index contributed by atoms with van der Waals surface area (Å²) < 4.78 is 0. The van der Waals surface area contributed by atoms with Crippen molar-refractivity contribution in [1.82, 2.24) is 4.98 Å². The quantitative estimate of drug-likeness (QED) is 0.712. The minimum atomic E-state index is 0.679. The summed E-state index contributed by atoms with van der Waals surface area (Å²) in [5.74, 6) is 0. The number of pyridine rings is 1. The lowest BCUT2D eigenvalue weighted by Crippen LogP contribution is -2.07. The monoisotopic (exact) mass is 297 g/mol. The molecule has 0 spiro atoms. The lowest BCUT2D eigenvalue weighted by Gasteiger charge is -2.10. The molecule has 3 nitrogen and oxygen atoms in total. The van der Waals surface area contributed by atoms with Gasteiger partial charge in [0, 0.05) is 23.2 Å². The summed E-state index contributed by atoms with van der Waals surface area (Å²) in [6, 6.07) is 15.7. The van der Waals surface area contributed by atoms with Crippen molar-refractivity contribution in [3.05, 3.63) is 65.3 Å². The lowest BCUT2D eigenvalue weighted by molar-refractivity contribution is 1.03. The Bertz CT molecular complexity index is 766. The molecule has 0 aliphatic rings. The first-order valence-electron chi connectivity index (χ1n) is 6.85. The van der Waals surface area contributed by atoms with Crippen molar-refractivity contribution in [3.63, 3.8) is 0 Å². The first-order chi connectivity index (χ1) is 10.2. The summed E-state index contributed by atoms with van der Waals surface area (Å²) in [5, 5.41) is 5.17. The van der Waals surface area contributed by atoms with Crippen LogP contribution in [0.3, 0.4) is 0 Å². The highest BCUT2D eigenvalue weighted by Crippen LogP contribution is 2.23. The Morgan fingerprint density at radius 3 is 2.86 bits per heavy atom. The molecule has 0 amide bonds. The summed E-state index contributed by atoms with van der Waals surface area (Å²) in [7, 11) is 0. The van der Waals surface area contributed by atoms with Crippen molar-refractivity contribution in [3.8, 4) is 0 Å². The van der Waals surface area contributed by atoms with E-state index in [1.807, 2.05) is 24.4 Å². The topological polar surface area (TPSA) is 50.9 Å². The van der Waals surface area contributed by atoms with Crippen molar-refractivity contribution >= 4 is 33.9 Å². The first-order valence-corrected chi connectivity index (χ1v) is 7.23. The summed E-state index contributed by atoms with van der Waals surface area (Å²) in [4.78, 5) is 4.46. The van der Waals surface area contributed by atoms with Crippen LogP contribution in [0.15, 0.2) is 54.7 Å². The van der Waals surface area contributed by atoms with E-state index in [0.717, 1.165) is 29.6 Å². The fraction of sp³-hybridized carbons (Fsp3) is 0.118. The number of hydrogen-bond donors (Lipinski definition) is 2. The molecule has 0 fully saturated rings. The van der Waals surface area contributed by atoms with Gasteiger partial charge in [-0.25, -0.2) is 0 Å². The Morgan fingerprint density at radius 1 is 1.10 bits per heavy atom. The van der Waals surface area contributed by atoms with Gasteiger partial charge >= 0.3 is 0 Å². The molecule has 0 bridgehead atoms. The Morgan fingerprint density at radius 2 is 1.95 bits per heavy atom. The number of rotatable bonds is 4. The largest absolute Gasteiger partial charge is 0.397 e. The summed E-state index contributed by atoms with van der Waals surface area (Å²) >= 11 is 5.99. The van der Waals surface area contributed by atoms with Gasteiger partial charge in [-0.05, 0) is 36.2 Å². The number of nitrogen functional groups attached to an aromatic ring is 1. The maximum Gasteiger partial charge on any atom is 0.0734 e. The second kappa shape index (κ2) is 6.02. The number of benzene rings is 2. The normalized spacial score (nSPS) is 10.7. The number of halogens is 1. The third-order valence-corrected chi connectivity index (χ3v) is 3.68. The van der Waals surface area contributed by atoms with Crippen LogP contribution < -0.4 is 11.1 Å². The van der Waals surface area contributed by atoms with Crippen LogP contribution in [0.1, 0.15) is 5.56 Å². The number of nitrogens with zero attached hydrogens (tertiary/aromatic N) is 1. The molecule has 4 heteroatoms. The predicted molar refractivity (Wildman–Crippen MR) is 89.8 cm³/mol. The average molecular weight is 298 g/mol. The minimum Gasteiger partial charge on any atom is -0.397 e. The van der Waals surface area contributed by atoms with Gasteiger partial charge in [0.2, 0.25) is 0 Å². The maximum atomic E-state index is 5.99. The molecule has 2 aromatic carbocycles. The molecule has 0 unspecified atom stereocenters. The van der Waals surface area contributed by atoms with Gasteiger partial charge in [-0.2, -0.15) is 0 Å². The predicted octanol–water partition coefficient (Wildman–Crippen LogP) is 4.13. The molecule has 3 aromatic rings. The van der Waals surface area contributed by atoms with Crippen molar-refractivity contribution < 1.29 is 0 Å². The Hall–Kier alpha value is -2.26. The Balaban J connectivity index is 1.74. The van der Waals surface area contributed by atoms with Crippen LogP contribution in [0.5, 0.6) is 0 Å². The second-order valence-corrected chi connectivity index (χ2v) is 5.34. The number of para-hydroxylation sites is 1. The van der Waals surface area contributed by atoms with Crippen LogP contribution in [0.25, 0.3) is 10.9 Å². The van der Waals surface area contributed by atoms with Crippen LogP contribution in [-0.2, 0) is 6.42 Å². The zero-order chi connectivity index (χ0) is 14.7. The number of nitrogens with one attached hydrogen (secondary N) is 1. The van der Waals surface area contributed by atoms with E-state index in [1.54, 1.807) is 6.07 Å². The zero-order valence-electron chi connectivity index (χ0n) is 11.5. The van der Waals surface area contributed by atoms with Gasteiger partial charge < -0.3 is 11.1 Å². The number of aromatic nitrogens is 1. The SMILES string of the molecule is Nc1ccc(Cl)cc1NCCc1cccc2cccnc12. The molecule has 21 heavy (non-hydrogen) atoms. The van der Waals surface area contributed by atoms with E-state index in [9.17, 15) is 0 Å². The fourth-order valence-electron chi connectivity index (χ4n) is 2.38. The van der Waals surface area contributed by atoms with E-state index < -0.39 is 0 Å². The minimum absolute atomic E-state index is 0.679. The number of nitrogens with two attached hydrogens (primary N) is 1. The molecule has 0 aliphatic carbocycles. The van der Waals surface area contributed by atoms with Gasteiger partial charge in [0.15, 0.2) is 0 Å². The molecule has 106 valence electrons. The summed E-state index contributed by atoms with van der Waals surface area (Å²) in [6.07, 6.45) is 2.70. The van der Waals surface area contributed by atoms with E-state index in [-0.39, 0.29) is 0 Å². The summed E-state index contributed by atoms with van der Waals surface area (Å²) in [5.41, 5.74) is 9.78. The molecule has 0 saturated heterocycles. The molecule has 3 N–H and O–H groups in total. The van der Waals surface area contributed by atoms with Gasteiger partial charge in [0.1, 0.15) is 0 Å². The van der Waals surface area contributed by atoms with E-state index in [2.05, 4.69) is 34.6 Å². The van der Waals surface area contributed by atoms with Gasteiger partial charge in [-0.1, -0.05) is 35.9 Å². The number of hydrogen-bond acceptors (Lipinski definition) is 3. The molecule has 3 rings (SSSR count). The summed E-state index contributed by atoms with van der Waals surface area (Å²) in [6.45, 7) is 0.778. The van der Waals surface area contributed by atoms with Crippen LogP contribution >= 0.6 is 11.6 Å². The third kappa shape index (κ3) is 3.09. The highest BCUT2D eigenvalue weighted by atomic mass is 35.5. The molecular weight excluding hydrogens is 282 g/mol. The van der Waals surface area contributed by atoms with Crippen molar-refractivity contribution in [2.24, 2.45) is 0 Å². The highest BCUT2D eigenvalue weighted by molar-refractivity contribution is 6.31. The Labute approximate surface area is 128 Å². The van der Waals surface area contributed by atoms with Crippen molar-refractivity contribution in [2.45, 2.75) is 6.42 Å². The van der Waals surface area contributed by atoms with Crippen LogP contribution in [0, 0.1) is 0 Å².